The summed E-state index contributed by atoms with van der Waals surface area (Å²) in [6.07, 6.45) is 0.831. The summed E-state index contributed by atoms with van der Waals surface area (Å²) in [5.74, 6) is -1.20. The molecule has 5 rings (SSSR count). The first-order valence-electron chi connectivity index (χ1n) is 15.5. The van der Waals surface area contributed by atoms with Crippen molar-refractivity contribution in [2.45, 2.75) is 57.8 Å². The Labute approximate surface area is 301 Å². The number of aliphatic carboxylic acids is 1. The van der Waals surface area contributed by atoms with E-state index in [0.717, 1.165) is 11.3 Å². The predicted molar refractivity (Wildman–Crippen MR) is 184 cm³/mol. The van der Waals surface area contributed by atoms with Gasteiger partial charge in [0.15, 0.2) is 0 Å². The molecule has 48 heavy (non-hydrogen) atoms. The first-order chi connectivity index (χ1) is 22.7. The summed E-state index contributed by atoms with van der Waals surface area (Å²) in [5.41, 5.74) is 3.85. The average Bonchev–Trinajstić information content (AvgIpc) is 3.41. The standard InChI is InChI=1S/C37H37FN4O5.Na/c1-24(2)41-30(19-18-28(43)22-29(44)23-33(45)46)34(26-14-16-27(38)17-15-26)35(25-10-4-3-5-11-25)36(41)37(47)42(31-12-6-8-20-39-31)32-13-7-9-21-40-32;/h3-17,20-21,24,28-29,43-44H,18-19,22-23H2,1-2H3,(H,45,46);/t28-,29-;/m1./s1. The number of anilines is 2. The number of carboxylic acids is 1. The van der Waals surface area contributed by atoms with Crippen LogP contribution in [0.3, 0.4) is 0 Å². The SMILES string of the molecule is CC(C)n1c(CC[C@@H](O)C[C@@H](O)CC(=O)O)c(-c2ccc(F)cc2)c(-c2ccccc2)c1C(=O)N(c1ccccn1)c1ccccn1.[Na]. The molecule has 0 fully saturated rings. The van der Waals surface area contributed by atoms with Crippen LogP contribution in [-0.2, 0) is 11.2 Å². The second-order valence-corrected chi connectivity index (χ2v) is 11.6. The third kappa shape index (κ3) is 8.44. The van der Waals surface area contributed by atoms with Crippen molar-refractivity contribution in [3.05, 3.63) is 121 Å². The molecule has 3 heterocycles. The minimum absolute atomic E-state index is 0. The number of benzene rings is 2. The van der Waals surface area contributed by atoms with E-state index in [-0.39, 0.29) is 60.8 Å². The van der Waals surface area contributed by atoms with Crippen molar-refractivity contribution >= 4 is 53.1 Å². The molecule has 1 radical (unpaired) electrons. The van der Waals surface area contributed by atoms with Gasteiger partial charge in [-0.3, -0.25) is 9.59 Å². The van der Waals surface area contributed by atoms with Gasteiger partial charge in [0, 0.05) is 64.8 Å². The molecule has 0 saturated carbocycles. The van der Waals surface area contributed by atoms with Gasteiger partial charge in [-0.25, -0.2) is 19.3 Å². The third-order valence-corrected chi connectivity index (χ3v) is 7.85. The van der Waals surface area contributed by atoms with E-state index in [2.05, 4.69) is 9.97 Å². The number of aliphatic hydroxyl groups excluding tert-OH is 2. The fourth-order valence-electron chi connectivity index (χ4n) is 5.90. The van der Waals surface area contributed by atoms with Crippen LogP contribution in [0.4, 0.5) is 16.0 Å². The van der Waals surface area contributed by atoms with Crippen molar-refractivity contribution in [2.24, 2.45) is 0 Å². The normalized spacial score (nSPS) is 12.3. The molecule has 243 valence electrons. The molecular formula is C37H37FN4NaO5. The van der Waals surface area contributed by atoms with Crippen molar-refractivity contribution in [3.63, 3.8) is 0 Å². The monoisotopic (exact) mass is 659 g/mol. The summed E-state index contributed by atoms with van der Waals surface area (Å²) in [7, 11) is 0. The van der Waals surface area contributed by atoms with E-state index in [0.29, 0.717) is 34.0 Å². The van der Waals surface area contributed by atoms with Crippen LogP contribution in [0.1, 0.15) is 55.3 Å². The molecule has 3 N–H and O–H groups in total. The van der Waals surface area contributed by atoms with Crippen molar-refractivity contribution in [3.8, 4) is 22.3 Å². The molecule has 3 aromatic heterocycles. The summed E-state index contributed by atoms with van der Waals surface area (Å²) < 4.78 is 16.2. The number of nitrogens with zero attached hydrogens (tertiary/aromatic N) is 4. The Morgan fingerprint density at radius 2 is 1.35 bits per heavy atom. The summed E-state index contributed by atoms with van der Waals surface area (Å²) >= 11 is 0. The average molecular weight is 660 g/mol. The van der Waals surface area contributed by atoms with E-state index in [1.807, 2.05) is 48.7 Å². The quantitative estimate of drug-likeness (QED) is 0.124. The molecule has 0 aliphatic carbocycles. The number of amides is 1. The van der Waals surface area contributed by atoms with E-state index in [1.54, 1.807) is 60.9 Å². The zero-order chi connectivity index (χ0) is 33.5. The Kier molecular flexibility index (Phi) is 12.8. The third-order valence-electron chi connectivity index (χ3n) is 7.85. The van der Waals surface area contributed by atoms with Gasteiger partial charge in [0.05, 0.1) is 18.6 Å². The number of aliphatic hydroxyl groups is 2. The van der Waals surface area contributed by atoms with Crippen molar-refractivity contribution in [1.82, 2.24) is 14.5 Å². The van der Waals surface area contributed by atoms with Gasteiger partial charge in [-0.15, -0.1) is 0 Å². The fourth-order valence-corrected chi connectivity index (χ4v) is 5.90. The Morgan fingerprint density at radius 3 is 1.88 bits per heavy atom. The van der Waals surface area contributed by atoms with E-state index in [4.69, 9.17) is 5.11 Å². The maximum atomic E-state index is 15.1. The minimum atomic E-state index is -1.21. The van der Waals surface area contributed by atoms with Crippen LogP contribution >= 0.6 is 0 Å². The fraction of sp³-hybridized carbons (Fsp3) is 0.243. The number of hydrogen-bond donors (Lipinski definition) is 3. The van der Waals surface area contributed by atoms with Gasteiger partial charge in [-0.2, -0.15) is 0 Å². The van der Waals surface area contributed by atoms with Crippen LogP contribution in [0.25, 0.3) is 22.3 Å². The molecule has 2 atom stereocenters. The second-order valence-electron chi connectivity index (χ2n) is 11.6. The number of carbonyl (C=O) groups is 2. The van der Waals surface area contributed by atoms with Crippen LogP contribution in [-0.4, -0.2) is 83.5 Å². The van der Waals surface area contributed by atoms with Crippen LogP contribution in [0.15, 0.2) is 103 Å². The Hall–Kier alpha value is -4.19. The van der Waals surface area contributed by atoms with Gasteiger partial charge in [0.25, 0.3) is 5.91 Å². The zero-order valence-electron chi connectivity index (χ0n) is 27.2. The van der Waals surface area contributed by atoms with E-state index >= 15 is 4.79 Å². The molecule has 0 aliphatic rings. The number of carboxylic acid groups (broad SMARTS) is 1. The van der Waals surface area contributed by atoms with E-state index < -0.39 is 30.4 Å². The first kappa shape index (κ1) is 36.6. The molecule has 1 amide bonds. The molecule has 2 aromatic carbocycles. The maximum absolute atomic E-state index is 15.1. The number of halogens is 1. The zero-order valence-corrected chi connectivity index (χ0v) is 29.2. The van der Waals surface area contributed by atoms with Gasteiger partial charge < -0.3 is 19.9 Å². The van der Waals surface area contributed by atoms with E-state index in [9.17, 15) is 19.4 Å². The van der Waals surface area contributed by atoms with E-state index in [1.165, 1.54) is 17.0 Å². The largest absolute Gasteiger partial charge is 0.481 e. The van der Waals surface area contributed by atoms with Gasteiger partial charge >= 0.3 is 5.97 Å². The number of rotatable bonds is 13. The summed E-state index contributed by atoms with van der Waals surface area (Å²) in [6.45, 7) is 3.92. The van der Waals surface area contributed by atoms with Crippen molar-refractivity contribution in [2.75, 3.05) is 4.90 Å². The van der Waals surface area contributed by atoms with Gasteiger partial charge in [-0.1, -0.05) is 54.6 Å². The number of carbonyl (C=O) groups excluding carboxylic acids is 1. The number of pyridine rings is 2. The van der Waals surface area contributed by atoms with Gasteiger partial charge in [0.2, 0.25) is 0 Å². The Bertz CT molecular complexity index is 1760. The predicted octanol–water partition coefficient (Wildman–Crippen LogP) is 6.45. The first-order valence-corrected chi connectivity index (χ1v) is 15.5. The molecule has 0 saturated heterocycles. The van der Waals surface area contributed by atoms with Crippen LogP contribution in [0, 0.1) is 5.82 Å². The summed E-state index contributed by atoms with van der Waals surface area (Å²) in [5, 5.41) is 30.2. The number of aromatic nitrogens is 3. The second kappa shape index (κ2) is 16.8. The van der Waals surface area contributed by atoms with Gasteiger partial charge in [0.1, 0.15) is 23.1 Å². The maximum Gasteiger partial charge on any atom is 0.305 e. The van der Waals surface area contributed by atoms with Crippen LogP contribution in [0.5, 0.6) is 0 Å². The number of hydrogen-bond acceptors (Lipinski definition) is 6. The van der Waals surface area contributed by atoms with Crippen molar-refractivity contribution < 1.29 is 29.3 Å². The molecule has 5 aromatic rings. The summed E-state index contributed by atoms with van der Waals surface area (Å²) in [4.78, 5) is 36.7. The van der Waals surface area contributed by atoms with Crippen molar-refractivity contribution in [1.29, 1.82) is 0 Å². The Balaban J connectivity index is 0.00000520. The smallest absolute Gasteiger partial charge is 0.305 e. The molecule has 0 bridgehead atoms. The molecule has 0 aliphatic heterocycles. The van der Waals surface area contributed by atoms with Crippen LogP contribution < -0.4 is 4.90 Å². The molecule has 0 spiro atoms. The molecular weight excluding hydrogens is 622 g/mol. The Morgan fingerprint density at radius 1 is 0.792 bits per heavy atom. The van der Waals surface area contributed by atoms with Gasteiger partial charge in [-0.05, 0) is 80.6 Å². The molecule has 11 heteroatoms. The topological polar surface area (TPSA) is 129 Å². The van der Waals surface area contributed by atoms with Crippen LogP contribution in [0.2, 0.25) is 0 Å². The summed E-state index contributed by atoms with van der Waals surface area (Å²) in [6, 6.07) is 25.9. The molecule has 9 nitrogen and oxygen atoms in total. The molecule has 0 unspecified atom stereocenters. The minimum Gasteiger partial charge on any atom is -0.481 e.